The van der Waals surface area contributed by atoms with E-state index in [0.29, 0.717) is 24.2 Å². The van der Waals surface area contributed by atoms with Gasteiger partial charge in [-0.1, -0.05) is 0 Å². The summed E-state index contributed by atoms with van der Waals surface area (Å²) >= 11 is 0. The quantitative estimate of drug-likeness (QED) is 0.597. The lowest BCUT2D eigenvalue weighted by molar-refractivity contribution is -0.384. The Labute approximate surface area is 111 Å². The third-order valence-corrected chi connectivity index (χ3v) is 3.41. The predicted molar refractivity (Wildman–Crippen MR) is 72.5 cm³/mol. The van der Waals surface area contributed by atoms with Gasteiger partial charge in [0.1, 0.15) is 11.6 Å². The van der Waals surface area contributed by atoms with Gasteiger partial charge in [-0.25, -0.2) is 4.98 Å². The van der Waals surface area contributed by atoms with Gasteiger partial charge < -0.3 is 15.3 Å². The highest BCUT2D eigenvalue weighted by molar-refractivity contribution is 5.56. The molecule has 0 unspecified atom stereocenters. The van der Waals surface area contributed by atoms with Crippen LogP contribution in [0.4, 0.5) is 17.3 Å². The second-order valence-electron chi connectivity index (χ2n) is 4.58. The fraction of sp³-hybridized carbons (Fsp3) is 0.583. The molecule has 0 amide bonds. The molecule has 1 aromatic heterocycles. The summed E-state index contributed by atoms with van der Waals surface area (Å²) in [5.74, 6) is 1.02. The molecule has 19 heavy (non-hydrogen) atoms. The predicted octanol–water partition coefficient (Wildman–Crippen LogP) is 1.38. The van der Waals surface area contributed by atoms with E-state index in [1.54, 1.807) is 7.05 Å². The molecule has 1 heterocycles. The fourth-order valence-corrected chi connectivity index (χ4v) is 2.17. The number of hydrogen-bond acceptors (Lipinski definition) is 6. The van der Waals surface area contributed by atoms with Gasteiger partial charge in [0.05, 0.1) is 23.7 Å². The molecule has 2 rings (SSSR count). The molecule has 0 atom stereocenters. The average molecular weight is 266 g/mol. The standard InChI is InChI=1S/C12H18N4O3/c1-13-11-7-10(16(18)19)8-12(14-11)15(5-6-17)9-3-2-4-9/h7-9,17H,2-6H2,1H3,(H,13,14). The average Bonchev–Trinajstić information content (AvgIpc) is 2.35. The number of nitrogens with zero attached hydrogens (tertiary/aromatic N) is 3. The first-order valence-corrected chi connectivity index (χ1v) is 6.37. The molecular weight excluding hydrogens is 248 g/mol. The zero-order valence-electron chi connectivity index (χ0n) is 10.9. The maximum Gasteiger partial charge on any atom is 0.276 e. The highest BCUT2D eigenvalue weighted by Gasteiger charge is 2.27. The molecule has 0 bridgehead atoms. The van der Waals surface area contributed by atoms with Crippen LogP contribution in [-0.4, -0.2) is 41.3 Å². The van der Waals surface area contributed by atoms with Crippen LogP contribution in [0.25, 0.3) is 0 Å². The lowest BCUT2D eigenvalue weighted by Gasteiger charge is -2.38. The van der Waals surface area contributed by atoms with Gasteiger partial charge in [0.15, 0.2) is 0 Å². The number of pyridine rings is 1. The SMILES string of the molecule is CNc1cc([N+](=O)[O-])cc(N(CCO)C2CCC2)n1. The Morgan fingerprint density at radius 3 is 2.79 bits per heavy atom. The molecule has 1 aliphatic rings. The van der Waals surface area contributed by atoms with Gasteiger partial charge in [-0.05, 0) is 19.3 Å². The van der Waals surface area contributed by atoms with Gasteiger partial charge in [-0.15, -0.1) is 0 Å². The summed E-state index contributed by atoms with van der Waals surface area (Å²) in [6.07, 6.45) is 3.24. The molecular formula is C12H18N4O3. The number of rotatable bonds is 6. The molecule has 2 N–H and O–H groups in total. The second kappa shape index (κ2) is 5.83. The summed E-state index contributed by atoms with van der Waals surface area (Å²) in [6.45, 7) is 0.456. The molecule has 0 aromatic carbocycles. The molecule has 0 saturated heterocycles. The van der Waals surface area contributed by atoms with Crippen molar-refractivity contribution < 1.29 is 10.0 Å². The summed E-state index contributed by atoms with van der Waals surface area (Å²) in [4.78, 5) is 16.8. The van der Waals surface area contributed by atoms with Crippen molar-refractivity contribution >= 4 is 17.3 Å². The Balaban J connectivity index is 2.34. The second-order valence-corrected chi connectivity index (χ2v) is 4.58. The van der Waals surface area contributed by atoms with Crippen LogP contribution in [0, 0.1) is 10.1 Å². The van der Waals surface area contributed by atoms with Crippen LogP contribution >= 0.6 is 0 Å². The third-order valence-electron chi connectivity index (χ3n) is 3.41. The van der Waals surface area contributed by atoms with Crippen LogP contribution < -0.4 is 10.2 Å². The molecule has 1 saturated carbocycles. The summed E-state index contributed by atoms with van der Waals surface area (Å²) in [6, 6.07) is 3.20. The summed E-state index contributed by atoms with van der Waals surface area (Å²) in [5.41, 5.74) is 0.0108. The van der Waals surface area contributed by atoms with Crippen molar-refractivity contribution in [2.45, 2.75) is 25.3 Å². The first-order chi connectivity index (χ1) is 9.15. The van der Waals surface area contributed by atoms with Gasteiger partial charge in [0.2, 0.25) is 0 Å². The largest absolute Gasteiger partial charge is 0.395 e. The number of anilines is 2. The Hall–Kier alpha value is -1.89. The zero-order valence-corrected chi connectivity index (χ0v) is 10.9. The number of nitro groups is 1. The van der Waals surface area contributed by atoms with E-state index in [0.717, 1.165) is 19.3 Å². The van der Waals surface area contributed by atoms with Gasteiger partial charge in [0.25, 0.3) is 5.69 Å². The molecule has 0 aliphatic heterocycles. The molecule has 1 aliphatic carbocycles. The van der Waals surface area contributed by atoms with Crippen molar-refractivity contribution in [3.05, 3.63) is 22.2 Å². The minimum atomic E-state index is -0.427. The van der Waals surface area contributed by atoms with Gasteiger partial charge >= 0.3 is 0 Å². The van der Waals surface area contributed by atoms with Crippen LogP contribution in [0.3, 0.4) is 0 Å². The van der Waals surface area contributed by atoms with Crippen LogP contribution in [0.1, 0.15) is 19.3 Å². The maximum atomic E-state index is 10.9. The van der Waals surface area contributed by atoms with Crippen LogP contribution in [0.15, 0.2) is 12.1 Å². The highest BCUT2D eigenvalue weighted by atomic mass is 16.6. The molecule has 1 fully saturated rings. The third kappa shape index (κ3) is 2.93. The zero-order chi connectivity index (χ0) is 13.8. The van der Waals surface area contributed by atoms with E-state index < -0.39 is 4.92 Å². The van der Waals surface area contributed by atoms with Crippen molar-refractivity contribution in [3.8, 4) is 0 Å². The van der Waals surface area contributed by atoms with Crippen LogP contribution in [-0.2, 0) is 0 Å². The number of hydrogen-bond donors (Lipinski definition) is 2. The lowest BCUT2D eigenvalue weighted by atomic mass is 9.91. The summed E-state index contributed by atoms with van der Waals surface area (Å²) in [7, 11) is 1.68. The Morgan fingerprint density at radius 2 is 2.32 bits per heavy atom. The minimum absolute atomic E-state index is 0.00968. The van der Waals surface area contributed by atoms with Gasteiger partial charge in [-0.3, -0.25) is 10.1 Å². The highest BCUT2D eigenvalue weighted by Crippen LogP contribution is 2.31. The van der Waals surface area contributed by atoms with Crippen molar-refractivity contribution in [1.82, 2.24) is 4.98 Å². The number of aromatic nitrogens is 1. The van der Waals surface area contributed by atoms with E-state index in [1.807, 2.05) is 4.90 Å². The smallest absolute Gasteiger partial charge is 0.276 e. The van der Waals surface area contributed by atoms with Crippen molar-refractivity contribution in [3.63, 3.8) is 0 Å². The van der Waals surface area contributed by atoms with E-state index >= 15 is 0 Å². The Bertz CT molecular complexity index is 462. The van der Waals surface area contributed by atoms with Crippen LogP contribution in [0.5, 0.6) is 0 Å². The van der Waals surface area contributed by atoms with E-state index in [-0.39, 0.29) is 12.3 Å². The van der Waals surface area contributed by atoms with E-state index in [9.17, 15) is 10.1 Å². The number of nitrogens with one attached hydrogen (secondary N) is 1. The molecule has 0 spiro atoms. The Kier molecular flexibility index (Phi) is 4.16. The van der Waals surface area contributed by atoms with Crippen molar-refractivity contribution in [2.75, 3.05) is 30.4 Å². The first-order valence-electron chi connectivity index (χ1n) is 6.37. The van der Waals surface area contributed by atoms with Crippen LogP contribution in [0.2, 0.25) is 0 Å². The van der Waals surface area contributed by atoms with Gasteiger partial charge in [0, 0.05) is 19.6 Å². The minimum Gasteiger partial charge on any atom is -0.395 e. The number of aliphatic hydroxyl groups excluding tert-OH is 1. The lowest BCUT2D eigenvalue weighted by Crippen LogP contribution is -2.42. The van der Waals surface area contributed by atoms with Crippen molar-refractivity contribution in [2.24, 2.45) is 0 Å². The van der Waals surface area contributed by atoms with E-state index in [4.69, 9.17) is 5.11 Å². The topological polar surface area (TPSA) is 91.5 Å². The molecule has 104 valence electrons. The Morgan fingerprint density at radius 1 is 1.58 bits per heavy atom. The van der Waals surface area contributed by atoms with Crippen molar-refractivity contribution in [1.29, 1.82) is 0 Å². The first kappa shape index (κ1) is 13.5. The van der Waals surface area contributed by atoms with Gasteiger partial charge in [-0.2, -0.15) is 0 Å². The molecule has 7 heteroatoms. The molecule has 1 aromatic rings. The number of aliphatic hydroxyl groups is 1. The van der Waals surface area contributed by atoms with E-state index in [2.05, 4.69) is 10.3 Å². The molecule has 7 nitrogen and oxygen atoms in total. The molecule has 0 radical (unpaired) electrons. The maximum absolute atomic E-state index is 10.9. The summed E-state index contributed by atoms with van der Waals surface area (Å²) in [5, 5.41) is 22.9. The monoisotopic (exact) mass is 266 g/mol. The normalized spacial score (nSPS) is 14.8. The fourth-order valence-electron chi connectivity index (χ4n) is 2.17. The summed E-state index contributed by atoms with van der Waals surface area (Å²) < 4.78 is 0. The van der Waals surface area contributed by atoms with E-state index in [1.165, 1.54) is 12.1 Å².